The molecule has 0 aliphatic rings. The van der Waals surface area contributed by atoms with Crippen molar-refractivity contribution in [2.24, 2.45) is 5.73 Å². The zero-order chi connectivity index (χ0) is 10.6. The maximum absolute atomic E-state index is 9.70. The first-order chi connectivity index (χ1) is 6.69. The molecule has 0 heterocycles. The number of ether oxygens (including phenoxy) is 1. The van der Waals surface area contributed by atoms with Gasteiger partial charge in [-0.05, 0) is 12.1 Å². The van der Waals surface area contributed by atoms with Crippen molar-refractivity contribution >= 4 is 22.0 Å². The molecule has 0 radical (unpaired) electrons. The molecule has 0 saturated carbocycles. The van der Waals surface area contributed by atoms with Crippen molar-refractivity contribution in [3.05, 3.63) is 28.2 Å². The van der Waals surface area contributed by atoms with Crippen LogP contribution in [0, 0.1) is 0 Å². The molecule has 3 nitrogen and oxygen atoms in total. The van der Waals surface area contributed by atoms with Gasteiger partial charge in [0.25, 0.3) is 0 Å². The van der Waals surface area contributed by atoms with E-state index in [0.29, 0.717) is 17.9 Å². The number of phenols is 1. The fourth-order valence-electron chi connectivity index (χ4n) is 1.07. The zero-order valence-electron chi connectivity index (χ0n) is 7.83. The van der Waals surface area contributed by atoms with Gasteiger partial charge in [0, 0.05) is 16.6 Å². The molecule has 76 valence electrons. The van der Waals surface area contributed by atoms with Crippen LogP contribution in [0.5, 0.6) is 11.5 Å². The summed E-state index contributed by atoms with van der Waals surface area (Å²) in [5.41, 5.74) is 6.01. The molecule has 0 atom stereocenters. The molecule has 1 aromatic carbocycles. The van der Waals surface area contributed by atoms with Gasteiger partial charge in [-0.3, -0.25) is 0 Å². The third kappa shape index (κ3) is 2.49. The SMILES string of the molecule is COc1cc(Br)cc(C=CCN)c1O. The van der Waals surface area contributed by atoms with E-state index in [1.54, 1.807) is 24.3 Å². The number of phenolic OH excluding ortho intramolecular Hbond substituents is 1. The average Bonchev–Trinajstić information content (AvgIpc) is 2.18. The van der Waals surface area contributed by atoms with E-state index < -0.39 is 0 Å². The van der Waals surface area contributed by atoms with E-state index in [1.165, 1.54) is 7.11 Å². The third-order valence-corrected chi connectivity index (χ3v) is 2.18. The van der Waals surface area contributed by atoms with Crippen LogP contribution in [0.4, 0.5) is 0 Å². The Balaban J connectivity index is 3.15. The molecule has 14 heavy (non-hydrogen) atoms. The smallest absolute Gasteiger partial charge is 0.165 e. The summed E-state index contributed by atoms with van der Waals surface area (Å²) in [6, 6.07) is 3.50. The standard InChI is InChI=1S/C10H12BrNO2/c1-14-9-6-8(11)5-7(10(9)13)3-2-4-12/h2-3,5-6,13H,4,12H2,1H3. The Bertz CT molecular complexity index is 350. The highest BCUT2D eigenvalue weighted by Gasteiger charge is 2.06. The maximum atomic E-state index is 9.70. The minimum Gasteiger partial charge on any atom is -0.504 e. The van der Waals surface area contributed by atoms with Crippen LogP contribution in [-0.4, -0.2) is 18.8 Å². The Labute approximate surface area is 91.3 Å². The highest BCUT2D eigenvalue weighted by Crippen LogP contribution is 2.34. The first kappa shape index (κ1) is 11.1. The van der Waals surface area contributed by atoms with Crippen molar-refractivity contribution in [2.75, 3.05) is 13.7 Å². The predicted molar refractivity (Wildman–Crippen MR) is 60.4 cm³/mol. The number of hydrogen-bond acceptors (Lipinski definition) is 3. The highest BCUT2D eigenvalue weighted by atomic mass is 79.9. The molecular weight excluding hydrogens is 246 g/mol. The van der Waals surface area contributed by atoms with Crippen molar-refractivity contribution in [2.45, 2.75) is 0 Å². The Morgan fingerprint density at radius 1 is 1.57 bits per heavy atom. The summed E-state index contributed by atoms with van der Waals surface area (Å²) in [7, 11) is 1.51. The number of hydrogen-bond donors (Lipinski definition) is 2. The first-order valence-electron chi connectivity index (χ1n) is 4.12. The van der Waals surface area contributed by atoms with Crippen molar-refractivity contribution in [1.29, 1.82) is 0 Å². The van der Waals surface area contributed by atoms with E-state index >= 15 is 0 Å². The van der Waals surface area contributed by atoms with Crippen molar-refractivity contribution in [3.8, 4) is 11.5 Å². The van der Waals surface area contributed by atoms with Gasteiger partial charge in [-0.1, -0.05) is 28.1 Å². The van der Waals surface area contributed by atoms with Crippen LogP contribution < -0.4 is 10.5 Å². The van der Waals surface area contributed by atoms with Gasteiger partial charge in [0.05, 0.1) is 7.11 Å². The van der Waals surface area contributed by atoms with Gasteiger partial charge in [0.1, 0.15) is 0 Å². The summed E-state index contributed by atoms with van der Waals surface area (Å²) in [6.45, 7) is 0.439. The third-order valence-electron chi connectivity index (χ3n) is 1.72. The lowest BCUT2D eigenvalue weighted by Crippen LogP contribution is -1.92. The minimum absolute atomic E-state index is 0.125. The number of aromatic hydroxyl groups is 1. The molecule has 0 amide bonds. The Morgan fingerprint density at radius 2 is 2.29 bits per heavy atom. The monoisotopic (exact) mass is 257 g/mol. The van der Waals surface area contributed by atoms with E-state index in [9.17, 15) is 5.11 Å². The van der Waals surface area contributed by atoms with Crippen molar-refractivity contribution < 1.29 is 9.84 Å². The molecular formula is C10H12BrNO2. The minimum atomic E-state index is 0.125. The van der Waals surface area contributed by atoms with Crippen LogP contribution in [0.1, 0.15) is 5.56 Å². The summed E-state index contributed by atoms with van der Waals surface area (Å²) in [5.74, 6) is 0.566. The van der Waals surface area contributed by atoms with Crippen LogP contribution in [0.2, 0.25) is 0 Å². The summed E-state index contributed by atoms with van der Waals surface area (Å²) in [6.07, 6.45) is 3.52. The number of benzene rings is 1. The van der Waals surface area contributed by atoms with Crippen LogP contribution >= 0.6 is 15.9 Å². The summed E-state index contributed by atoms with van der Waals surface area (Å²) in [4.78, 5) is 0. The largest absolute Gasteiger partial charge is 0.504 e. The molecule has 0 saturated heterocycles. The number of halogens is 1. The van der Waals surface area contributed by atoms with E-state index in [2.05, 4.69) is 15.9 Å². The summed E-state index contributed by atoms with van der Waals surface area (Å²) >= 11 is 3.32. The van der Waals surface area contributed by atoms with Gasteiger partial charge in [0.2, 0.25) is 0 Å². The number of methoxy groups -OCH3 is 1. The number of nitrogens with two attached hydrogens (primary N) is 1. The quantitative estimate of drug-likeness (QED) is 0.873. The lowest BCUT2D eigenvalue weighted by molar-refractivity contribution is 0.372. The molecule has 0 aromatic heterocycles. The van der Waals surface area contributed by atoms with Crippen molar-refractivity contribution in [1.82, 2.24) is 0 Å². The molecule has 0 bridgehead atoms. The molecule has 4 heteroatoms. The van der Waals surface area contributed by atoms with Gasteiger partial charge in [-0.15, -0.1) is 0 Å². The van der Waals surface area contributed by atoms with Crippen LogP contribution in [0.25, 0.3) is 6.08 Å². The van der Waals surface area contributed by atoms with E-state index in [4.69, 9.17) is 10.5 Å². The van der Waals surface area contributed by atoms with Crippen LogP contribution in [-0.2, 0) is 0 Å². The topological polar surface area (TPSA) is 55.5 Å². The maximum Gasteiger partial charge on any atom is 0.165 e. The van der Waals surface area contributed by atoms with Gasteiger partial charge >= 0.3 is 0 Å². The van der Waals surface area contributed by atoms with Crippen LogP contribution in [0.3, 0.4) is 0 Å². The normalized spacial score (nSPS) is 10.8. The lowest BCUT2D eigenvalue weighted by Gasteiger charge is -2.06. The highest BCUT2D eigenvalue weighted by molar-refractivity contribution is 9.10. The first-order valence-corrected chi connectivity index (χ1v) is 4.91. The molecule has 3 N–H and O–H groups in total. The molecule has 0 aliphatic heterocycles. The second-order valence-electron chi connectivity index (χ2n) is 2.68. The second kappa shape index (κ2) is 5.02. The molecule has 0 spiro atoms. The molecule has 0 unspecified atom stereocenters. The zero-order valence-corrected chi connectivity index (χ0v) is 9.41. The Hall–Kier alpha value is -1.00. The van der Waals surface area contributed by atoms with E-state index in [-0.39, 0.29) is 5.75 Å². The second-order valence-corrected chi connectivity index (χ2v) is 3.60. The lowest BCUT2D eigenvalue weighted by atomic mass is 10.1. The predicted octanol–water partition coefficient (Wildman–Crippen LogP) is 2.14. The van der Waals surface area contributed by atoms with Gasteiger partial charge in [-0.25, -0.2) is 0 Å². The fraction of sp³-hybridized carbons (Fsp3) is 0.200. The summed E-state index contributed by atoms with van der Waals surface area (Å²) < 4.78 is 5.85. The van der Waals surface area contributed by atoms with E-state index in [0.717, 1.165) is 4.47 Å². The Kier molecular flexibility index (Phi) is 3.98. The Morgan fingerprint density at radius 3 is 2.86 bits per heavy atom. The van der Waals surface area contributed by atoms with Gasteiger partial charge in [-0.2, -0.15) is 0 Å². The number of rotatable bonds is 3. The average molecular weight is 258 g/mol. The van der Waals surface area contributed by atoms with Gasteiger partial charge in [0.15, 0.2) is 11.5 Å². The summed E-state index contributed by atoms with van der Waals surface area (Å²) in [5, 5.41) is 9.70. The molecule has 0 aliphatic carbocycles. The van der Waals surface area contributed by atoms with Gasteiger partial charge < -0.3 is 15.6 Å². The van der Waals surface area contributed by atoms with Crippen molar-refractivity contribution in [3.63, 3.8) is 0 Å². The van der Waals surface area contributed by atoms with E-state index in [1.807, 2.05) is 0 Å². The molecule has 1 aromatic rings. The molecule has 0 fully saturated rings. The van der Waals surface area contributed by atoms with Crippen LogP contribution in [0.15, 0.2) is 22.7 Å². The fourth-order valence-corrected chi connectivity index (χ4v) is 1.53. The molecule has 1 rings (SSSR count).